The van der Waals surface area contributed by atoms with E-state index < -0.39 is 0 Å². The number of unbranched alkanes of at least 4 members (excludes halogenated alkanes) is 5. The molecule has 2 nitrogen and oxygen atoms in total. The molecule has 1 aromatic rings. The molecule has 1 heterocycles. The summed E-state index contributed by atoms with van der Waals surface area (Å²) in [6.07, 6.45) is 9.96. The maximum atomic E-state index is 6.63. The molecule has 1 aliphatic rings. The summed E-state index contributed by atoms with van der Waals surface area (Å²) in [4.78, 5) is 0. The van der Waals surface area contributed by atoms with Crippen LogP contribution < -0.4 is 10.5 Å². The third-order valence-electron chi connectivity index (χ3n) is 4.21. The van der Waals surface area contributed by atoms with Crippen LogP contribution in [0.3, 0.4) is 0 Å². The number of benzene rings is 1. The van der Waals surface area contributed by atoms with Crippen LogP contribution in [0, 0.1) is 0 Å². The van der Waals surface area contributed by atoms with Crippen molar-refractivity contribution in [2.75, 3.05) is 6.61 Å². The quantitative estimate of drug-likeness (QED) is 0.739. The smallest absolute Gasteiger partial charge is 0.124 e. The molecule has 2 rings (SSSR count). The minimum atomic E-state index is -0.167. The van der Waals surface area contributed by atoms with Gasteiger partial charge >= 0.3 is 0 Å². The Morgan fingerprint density at radius 3 is 2.68 bits per heavy atom. The number of hydrogen-bond acceptors (Lipinski definition) is 2. The van der Waals surface area contributed by atoms with Crippen molar-refractivity contribution in [1.82, 2.24) is 0 Å². The first-order chi connectivity index (χ1) is 9.26. The van der Waals surface area contributed by atoms with Crippen LogP contribution in [0.15, 0.2) is 24.3 Å². The summed E-state index contributed by atoms with van der Waals surface area (Å²) in [5.41, 5.74) is 7.67. The van der Waals surface area contributed by atoms with Gasteiger partial charge in [0.25, 0.3) is 0 Å². The van der Waals surface area contributed by atoms with Crippen LogP contribution in [-0.4, -0.2) is 6.61 Å². The van der Waals surface area contributed by atoms with Crippen LogP contribution in [0.2, 0.25) is 0 Å². The van der Waals surface area contributed by atoms with Crippen LogP contribution in [0.4, 0.5) is 0 Å². The Kier molecular flexibility index (Phi) is 5.26. The number of ether oxygens (including phenoxy) is 1. The third kappa shape index (κ3) is 3.73. The maximum absolute atomic E-state index is 6.63. The van der Waals surface area contributed by atoms with Gasteiger partial charge in [0.1, 0.15) is 5.75 Å². The normalized spacial score (nSPS) is 21.8. The van der Waals surface area contributed by atoms with E-state index in [0.717, 1.165) is 25.2 Å². The van der Waals surface area contributed by atoms with Crippen LogP contribution >= 0.6 is 0 Å². The molecular formula is C17H27NO. The van der Waals surface area contributed by atoms with Gasteiger partial charge in [0.2, 0.25) is 0 Å². The van der Waals surface area contributed by atoms with Gasteiger partial charge < -0.3 is 10.5 Å². The molecule has 0 spiro atoms. The molecule has 0 saturated carbocycles. The summed E-state index contributed by atoms with van der Waals surface area (Å²) >= 11 is 0. The minimum absolute atomic E-state index is 0.167. The van der Waals surface area contributed by atoms with Gasteiger partial charge in [-0.05, 0) is 12.5 Å². The Bertz CT molecular complexity index is 391. The molecule has 0 aliphatic carbocycles. The number of hydrogen-bond donors (Lipinski definition) is 1. The van der Waals surface area contributed by atoms with Crippen molar-refractivity contribution in [3.05, 3.63) is 29.8 Å². The van der Waals surface area contributed by atoms with Crippen LogP contribution in [-0.2, 0) is 5.54 Å². The predicted octanol–water partition coefficient (Wildman–Crippen LogP) is 4.37. The standard InChI is InChI=1S/C17H27NO/c1-2-3-4-5-6-9-12-17(18)13-14-19-16-11-8-7-10-15(16)17/h7-8,10-11H,2-6,9,12-14,18H2,1H3. The second-order valence-corrected chi connectivity index (χ2v) is 5.77. The van der Waals surface area contributed by atoms with Gasteiger partial charge in [-0.3, -0.25) is 0 Å². The van der Waals surface area contributed by atoms with Crippen molar-refractivity contribution in [1.29, 1.82) is 0 Å². The average molecular weight is 261 g/mol. The maximum Gasteiger partial charge on any atom is 0.124 e. The lowest BCUT2D eigenvalue weighted by Gasteiger charge is -2.35. The fourth-order valence-corrected chi connectivity index (χ4v) is 2.96. The van der Waals surface area contributed by atoms with Gasteiger partial charge in [0.15, 0.2) is 0 Å². The van der Waals surface area contributed by atoms with E-state index in [2.05, 4.69) is 19.1 Å². The highest BCUT2D eigenvalue weighted by atomic mass is 16.5. The first-order valence-corrected chi connectivity index (χ1v) is 7.77. The SMILES string of the molecule is CCCCCCCCC1(N)CCOc2ccccc21. The molecule has 0 fully saturated rings. The predicted molar refractivity (Wildman–Crippen MR) is 80.4 cm³/mol. The number of rotatable bonds is 7. The zero-order valence-electron chi connectivity index (χ0n) is 12.2. The lowest BCUT2D eigenvalue weighted by atomic mass is 9.81. The Labute approximate surface area is 117 Å². The molecule has 0 saturated heterocycles. The zero-order chi connectivity index (χ0) is 13.6. The van der Waals surface area contributed by atoms with E-state index in [1.165, 1.54) is 44.1 Å². The lowest BCUT2D eigenvalue weighted by molar-refractivity contribution is 0.205. The van der Waals surface area contributed by atoms with E-state index in [-0.39, 0.29) is 5.54 Å². The van der Waals surface area contributed by atoms with E-state index in [1.807, 2.05) is 12.1 Å². The number of fused-ring (bicyclic) bond motifs is 1. The molecule has 1 aliphatic heterocycles. The highest BCUT2D eigenvalue weighted by molar-refractivity contribution is 5.40. The fraction of sp³-hybridized carbons (Fsp3) is 0.647. The Morgan fingerprint density at radius 2 is 1.84 bits per heavy atom. The molecule has 1 aromatic carbocycles. The van der Waals surface area contributed by atoms with Gasteiger partial charge in [-0.2, -0.15) is 0 Å². The molecule has 0 aromatic heterocycles. The van der Waals surface area contributed by atoms with Crippen molar-refractivity contribution in [2.45, 2.75) is 63.8 Å². The van der Waals surface area contributed by atoms with Crippen molar-refractivity contribution >= 4 is 0 Å². The van der Waals surface area contributed by atoms with Crippen LogP contribution in [0.5, 0.6) is 5.75 Å². The molecule has 1 unspecified atom stereocenters. The van der Waals surface area contributed by atoms with Gasteiger partial charge in [0.05, 0.1) is 6.61 Å². The van der Waals surface area contributed by atoms with E-state index in [4.69, 9.17) is 10.5 Å². The number of nitrogens with two attached hydrogens (primary N) is 1. The molecule has 0 amide bonds. The first-order valence-electron chi connectivity index (χ1n) is 7.77. The summed E-state index contributed by atoms with van der Waals surface area (Å²) in [5, 5.41) is 0. The van der Waals surface area contributed by atoms with E-state index in [9.17, 15) is 0 Å². The average Bonchev–Trinajstić information content (AvgIpc) is 2.43. The Hall–Kier alpha value is -1.02. The third-order valence-corrected chi connectivity index (χ3v) is 4.21. The van der Waals surface area contributed by atoms with Crippen LogP contribution in [0.1, 0.15) is 63.9 Å². The summed E-state index contributed by atoms with van der Waals surface area (Å²) in [6, 6.07) is 8.26. The largest absolute Gasteiger partial charge is 0.493 e. The van der Waals surface area contributed by atoms with Crippen molar-refractivity contribution in [2.24, 2.45) is 5.73 Å². The van der Waals surface area contributed by atoms with E-state index >= 15 is 0 Å². The monoisotopic (exact) mass is 261 g/mol. The summed E-state index contributed by atoms with van der Waals surface area (Å²) in [7, 11) is 0. The molecule has 2 N–H and O–H groups in total. The van der Waals surface area contributed by atoms with Gasteiger partial charge in [-0.15, -0.1) is 0 Å². The second-order valence-electron chi connectivity index (χ2n) is 5.77. The lowest BCUT2D eigenvalue weighted by Crippen LogP contribution is -2.41. The Morgan fingerprint density at radius 1 is 1.11 bits per heavy atom. The van der Waals surface area contributed by atoms with Crippen molar-refractivity contribution in [3.8, 4) is 5.75 Å². The molecule has 0 bridgehead atoms. The molecule has 2 heteroatoms. The molecule has 0 radical (unpaired) electrons. The number of para-hydroxylation sites is 1. The fourth-order valence-electron chi connectivity index (χ4n) is 2.96. The van der Waals surface area contributed by atoms with Crippen molar-refractivity contribution < 1.29 is 4.74 Å². The van der Waals surface area contributed by atoms with E-state index in [1.54, 1.807) is 0 Å². The summed E-state index contributed by atoms with van der Waals surface area (Å²) < 4.78 is 5.70. The first kappa shape index (κ1) is 14.4. The zero-order valence-corrected chi connectivity index (χ0v) is 12.2. The Balaban J connectivity index is 1.86. The summed E-state index contributed by atoms with van der Waals surface area (Å²) in [6.45, 7) is 3.01. The molecule has 106 valence electrons. The minimum Gasteiger partial charge on any atom is -0.493 e. The molecule has 19 heavy (non-hydrogen) atoms. The van der Waals surface area contributed by atoms with Gasteiger partial charge in [0, 0.05) is 17.5 Å². The van der Waals surface area contributed by atoms with Crippen molar-refractivity contribution in [3.63, 3.8) is 0 Å². The summed E-state index contributed by atoms with van der Waals surface area (Å²) in [5.74, 6) is 0.988. The second kappa shape index (κ2) is 6.95. The molecular weight excluding hydrogens is 234 g/mol. The van der Waals surface area contributed by atoms with Gasteiger partial charge in [-0.1, -0.05) is 63.6 Å². The molecule has 1 atom stereocenters. The van der Waals surface area contributed by atoms with Crippen LogP contribution in [0.25, 0.3) is 0 Å². The van der Waals surface area contributed by atoms with E-state index in [0.29, 0.717) is 0 Å². The van der Waals surface area contributed by atoms with Gasteiger partial charge in [-0.25, -0.2) is 0 Å². The topological polar surface area (TPSA) is 35.2 Å². The highest BCUT2D eigenvalue weighted by Gasteiger charge is 2.32. The highest BCUT2D eigenvalue weighted by Crippen LogP contribution is 2.38.